The predicted octanol–water partition coefficient (Wildman–Crippen LogP) is 3.58. The van der Waals surface area contributed by atoms with Gasteiger partial charge in [0.15, 0.2) is 9.84 Å². The van der Waals surface area contributed by atoms with Crippen molar-refractivity contribution in [2.45, 2.75) is 51.8 Å². The van der Waals surface area contributed by atoms with E-state index in [1.165, 1.54) is 5.56 Å². The number of sulfone groups is 1. The molecule has 2 atom stereocenters. The average Bonchev–Trinajstić information content (AvgIpc) is 2.42. The molecule has 2 unspecified atom stereocenters. The first-order chi connectivity index (χ1) is 9.69. The number of nitrogens with one attached hydrogen (secondary N) is 1. The van der Waals surface area contributed by atoms with Gasteiger partial charge in [-0.1, -0.05) is 44.2 Å². The minimum absolute atomic E-state index is 0.200. The van der Waals surface area contributed by atoms with Gasteiger partial charge in [0.2, 0.25) is 0 Å². The van der Waals surface area contributed by atoms with Crippen molar-refractivity contribution in [1.29, 1.82) is 0 Å². The zero-order valence-electron chi connectivity index (χ0n) is 13.9. The molecule has 0 aliphatic carbocycles. The van der Waals surface area contributed by atoms with Crippen LogP contribution in [0.2, 0.25) is 0 Å². The molecular formula is C17H29NO2S. The Bertz CT molecular complexity index is 517. The van der Waals surface area contributed by atoms with Crippen LogP contribution >= 0.6 is 0 Å². The van der Waals surface area contributed by atoms with Gasteiger partial charge in [-0.05, 0) is 45.2 Å². The van der Waals surface area contributed by atoms with E-state index in [2.05, 4.69) is 31.3 Å². The van der Waals surface area contributed by atoms with Gasteiger partial charge in [-0.25, -0.2) is 8.42 Å². The zero-order chi connectivity index (χ0) is 16.1. The molecule has 0 aliphatic heterocycles. The molecule has 0 aliphatic rings. The van der Waals surface area contributed by atoms with E-state index in [1.807, 2.05) is 18.2 Å². The summed E-state index contributed by atoms with van der Waals surface area (Å²) >= 11 is 0. The predicted molar refractivity (Wildman–Crippen MR) is 90.2 cm³/mol. The van der Waals surface area contributed by atoms with E-state index in [0.29, 0.717) is 6.42 Å². The number of hydrogen-bond acceptors (Lipinski definition) is 3. The van der Waals surface area contributed by atoms with Gasteiger partial charge in [0.25, 0.3) is 0 Å². The van der Waals surface area contributed by atoms with Crippen LogP contribution in [0.5, 0.6) is 0 Å². The number of rotatable bonds is 7. The lowest BCUT2D eigenvalue weighted by Gasteiger charge is -2.27. The summed E-state index contributed by atoms with van der Waals surface area (Å²) in [6.45, 7) is 10.4. The Morgan fingerprint density at radius 3 is 2.19 bits per heavy atom. The van der Waals surface area contributed by atoms with E-state index < -0.39 is 14.6 Å². The first-order valence-corrected chi connectivity index (χ1v) is 9.35. The molecule has 1 rings (SSSR count). The third-order valence-corrected chi connectivity index (χ3v) is 6.57. The first kappa shape index (κ1) is 18.2. The van der Waals surface area contributed by atoms with E-state index in [4.69, 9.17) is 0 Å². The quantitative estimate of drug-likeness (QED) is 0.837. The highest BCUT2D eigenvalue weighted by atomic mass is 32.2. The molecule has 21 heavy (non-hydrogen) atoms. The lowest BCUT2D eigenvalue weighted by Crippen LogP contribution is -2.33. The highest BCUT2D eigenvalue weighted by Crippen LogP contribution is 2.26. The normalized spacial score (nSPS) is 15.7. The smallest absolute Gasteiger partial charge is 0.155 e. The molecule has 120 valence electrons. The first-order valence-electron chi connectivity index (χ1n) is 7.69. The van der Waals surface area contributed by atoms with Crippen LogP contribution in [0.25, 0.3) is 0 Å². The van der Waals surface area contributed by atoms with Gasteiger partial charge in [-0.15, -0.1) is 0 Å². The van der Waals surface area contributed by atoms with Crippen LogP contribution in [0.3, 0.4) is 0 Å². The summed E-state index contributed by atoms with van der Waals surface area (Å²) in [6, 6.07) is 10.5. The summed E-state index contributed by atoms with van der Waals surface area (Å²) in [4.78, 5) is 0. The molecular weight excluding hydrogens is 282 g/mol. The van der Waals surface area contributed by atoms with Crippen molar-refractivity contribution in [3.05, 3.63) is 35.9 Å². The molecule has 0 spiro atoms. The molecule has 0 amide bonds. The van der Waals surface area contributed by atoms with Gasteiger partial charge in [0, 0.05) is 6.04 Å². The molecule has 3 nitrogen and oxygen atoms in total. The summed E-state index contributed by atoms with van der Waals surface area (Å²) < 4.78 is 23.8. The van der Waals surface area contributed by atoms with E-state index in [1.54, 1.807) is 20.8 Å². The second-order valence-electron chi connectivity index (χ2n) is 6.64. The summed E-state index contributed by atoms with van der Waals surface area (Å²) in [5.74, 6) is 0.510. The minimum atomic E-state index is -3.05. The molecule has 0 bridgehead atoms. The van der Waals surface area contributed by atoms with Crippen LogP contribution in [-0.4, -0.2) is 25.5 Å². The van der Waals surface area contributed by atoms with Gasteiger partial charge in [-0.3, -0.25) is 0 Å². The second kappa shape index (κ2) is 7.41. The Labute approximate surface area is 130 Å². The molecule has 1 aromatic rings. The molecule has 0 aromatic heterocycles. The fourth-order valence-electron chi connectivity index (χ4n) is 2.34. The maximum absolute atomic E-state index is 12.3. The molecule has 1 N–H and O–H groups in total. The Morgan fingerprint density at radius 2 is 1.71 bits per heavy atom. The van der Waals surface area contributed by atoms with Crippen molar-refractivity contribution < 1.29 is 8.42 Å². The standard InChI is InChI=1S/C17H29NO2S/c1-6-18-16(15-10-8-7-9-11-15)14(2)12-13-21(19,20)17(3,4)5/h7-11,14,16,18H,6,12-13H2,1-5H3. The van der Waals surface area contributed by atoms with E-state index in [9.17, 15) is 8.42 Å². The van der Waals surface area contributed by atoms with Crippen LogP contribution in [-0.2, 0) is 9.84 Å². The summed E-state index contributed by atoms with van der Waals surface area (Å²) in [5, 5.41) is 3.48. The Kier molecular flexibility index (Phi) is 6.41. The van der Waals surface area contributed by atoms with Crippen molar-refractivity contribution in [3.8, 4) is 0 Å². The van der Waals surface area contributed by atoms with Crippen molar-refractivity contribution in [3.63, 3.8) is 0 Å². The lowest BCUT2D eigenvalue weighted by atomic mass is 9.92. The van der Waals surface area contributed by atoms with Crippen LogP contribution in [0.1, 0.15) is 52.6 Å². The minimum Gasteiger partial charge on any atom is -0.310 e. The van der Waals surface area contributed by atoms with Gasteiger partial charge < -0.3 is 5.32 Å². The van der Waals surface area contributed by atoms with Crippen molar-refractivity contribution >= 4 is 9.84 Å². The Hall–Kier alpha value is -0.870. The summed E-state index contributed by atoms with van der Waals surface area (Å²) in [6.07, 6.45) is 0.673. The zero-order valence-corrected chi connectivity index (χ0v) is 14.7. The van der Waals surface area contributed by atoms with Crippen molar-refractivity contribution in [1.82, 2.24) is 5.32 Å². The van der Waals surface area contributed by atoms with E-state index in [-0.39, 0.29) is 17.7 Å². The maximum atomic E-state index is 12.3. The van der Waals surface area contributed by atoms with Crippen molar-refractivity contribution in [2.75, 3.05) is 12.3 Å². The second-order valence-corrected chi connectivity index (χ2v) is 9.51. The number of hydrogen-bond donors (Lipinski definition) is 1. The van der Waals surface area contributed by atoms with Gasteiger partial charge >= 0.3 is 0 Å². The molecule has 0 saturated heterocycles. The fourth-order valence-corrected chi connectivity index (χ4v) is 3.64. The highest BCUT2D eigenvalue weighted by molar-refractivity contribution is 7.92. The molecule has 0 fully saturated rings. The van der Waals surface area contributed by atoms with Crippen molar-refractivity contribution in [2.24, 2.45) is 5.92 Å². The molecule has 0 radical (unpaired) electrons. The lowest BCUT2D eigenvalue weighted by molar-refractivity contribution is 0.383. The van der Waals surface area contributed by atoms with Gasteiger partial charge in [0.1, 0.15) is 0 Å². The van der Waals surface area contributed by atoms with Gasteiger partial charge in [0.05, 0.1) is 10.5 Å². The summed E-state index contributed by atoms with van der Waals surface area (Å²) in [5.41, 5.74) is 1.22. The largest absolute Gasteiger partial charge is 0.310 e. The SMILES string of the molecule is CCNC(c1ccccc1)C(C)CCS(=O)(=O)C(C)(C)C. The molecule has 4 heteroatoms. The van der Waals surface area contributed by atoms with Crippen LogP contribution < -0.4 is 5.32 Å². The van der Waals surface area contributed by atoms with Gasteiger partial charge in [-0.2, -0.15) is 0 Å². The average molecular weight is 311 g/mol. The highest BCUT2D eigenvalue weighted by Gasteiger charge is 2.30. The number of benzene rings is 1. The third kappa shape index (κ3) is 5.11. The van der Waals surface area contributed by atoms with Crippen LogP contribution in [0, 0.1) is 5.92 Å². The topological polar surface area (TPSA) is 46.2 Å². The van der Waals surface area contributed by atoms with E-state index >= 15 is 0 Å². The Balaban J connectivity index is 2.78. The monoisotopic (exact) mass is 311 g/mol. The summed E-state index contributed by atoms with van der Waals surface area (Å²) in [7, 11) is -3.05. The van der Waals surface area contributed by atoms with Crippen LogP contribution in [0.15, 0.2) is 30.3 Å². The third-order valence-electron chi connectivity index (χ3n) is 3.93. The van der Waals surface area contributed by atoms with E-state index in [0.717, 1.165) is 6.54 Å². The Morgan fingerprint density at radius 1 is 1.14 bits per heavy atom. The molecule has 0 heterocycles. The molecule has 1 aromatic carbocycles. The maximum Gasteiger partial charge on any atom is 0.155 e. The van der Waals surface area contributed by atoms with Crippen LogP contribution in [0.4, 0.5) is 0 Å². The fraction of sp³-hybridized carbons (Fsp3) is 0.647. The molecule has 0 saturated carbocycles.